The van der Waals surface area contributed by atoms with Crippen molar-refractivity contribution in [1.82, 2.24) is 4.57 Å². The molecule has 0 aliphatic heterocycles. The van der Waals surface area contributed by atoms with Gasteiger partial charge in [0.1, 0.15) is 0 Å². The van der Waals surface area contributed by atoms with Gasteiger partial charge in [0, 0.05) is 28.6 Å². The van der Waals surface area contributed by atoms with Gasteiger partial charge in [-0.15, -0.1) is 0 Å². The van der Waals surface area contributed by atoms with Crippen molar-refractivity contribution in [2.45, 2.75) is 5.41 Å². The van der Waals surface area contributed by atoms with Crippen LogP contribution >= 0.6 is 0 Å². The summed E-state index contributed by atoms with van der Waals surface area (Å²) in [6, 6.07) is 82.1. The van der Waals surface area contributed by atoms with Gasteiger partial charge in [-0.1, -0.05) is 170 Å². The van der Waals surface area contributed by atoms with Crippen LogP contribution in [0.1, 0.15) is 22.3 Å². The van der Waals surface area contributed by atoms with Crippen LogP contribution in [-0.2, 0) is 5.41 Å². The fraction of sp³-hybridized carbons (Fsp3) is 0.0182. The number of aromatic nitrogens is 1. The predicted molar refractivity (Wildman–Crippen MR) is 238 cm³/mol. The molecule has 0 N–H and O–H groups in total. The quantitative estimate of drug-likeness (QED) is 0.159. The molecule has 0 saturated heterocycles. The summed E-state index contributed by atoms with van der Waals surface area (Å²) >= 11 is 0. The summed E-state index contributed by atoms with van der Waals surface area (Å²) in [4.78, 5) is 2.44. The molecule has 2 nitrogen and oxygen atoms in total. The van der Waals surface area contributed by atoms with E-state index in [2.05, 4.69) is 240 Å². The van der Waals surface area contributed by atoms with E-state index in [0.29, 0.717) is 0 Å². The standard InChI is InChI=1S/C55H38N2/c1-3-17-43(18-4-1)55(44-19-5-2-6-20-44)51-23-11-10-22-49(51)50-35-34-47(38-52(50)55)57(54-25-13-16-41-14-7-9-21-48(41)54)46-32-28-40(29-33-46)39-26-30-45(31-27-39)56-37-36-42-15-8-12-24-53(42)56/h1-38H. The molecule has 0 saturated carbocycles. The van der Waals surface area contributed by atoms with Crippen LogP contribution in [0.3, 0.4) is 0 Å². The van der Waals surface area contributed by atoms with Crippen molar-refractivity contribution in [1.29, 1.82) is 0 Å². The number of hydrogen-bond acceptors (Lipinski definition) is 1. The molecular formula is C55H38N2. The zero-order valence-electron chi connectivity index (χ0n) is 31.3. The molecular weight excluding hydrogens is 689 g/mol. The lowest BCUT2D eigenvalue weighted by molar-refractivity contribution is 0.768. The molecule has 0 radical (unpaired) electrons. The van der Waals surface area contributed by atoms with Crippen molar-refractivity contribution >= 4 is 38.7 Å². The van der Waals surface area contributed by atoms with Crippen LogP contribution in [0.5, 0.6) is 0 Å². The molecule has 0 fully saturated rings. The average molecular weight is 727 g/mol. The van der Waals surface area contributed by atoms with Crippen LogP contribution in [0.15, 0.2) is 231 Å². The van der Waals surface area contributed by atoms with Crippen molar-refractivity contribution in [3.63, 3.8) is 0 Å². The molecule has 11 rings (SSSR count). The lowest BCUT2D eigenvalue weighted by Gasteiger charge is -2.35. The van der Waals surface area contributed by atoms with E-state index in [1.165, 1.54) is 66.2 Å². The molecule has 0 unspecified atom stereocenters. The largest absolute Gasteiger partial charge is 0.317 e. The second-order valence-electron chi connectivity index (χ2n) is 14.9. The number of benzene rings is 9. The second-order valence-corrected chi connectivity index (χ2v) is 14.9. The van der Waals surface area contributed by atoms with E-state index in [-0.39, 0.29) is 0 Å². The first kappa shape index (κ1) is 33.0. The lowest BCUT2D eigenvalue weighted by Crippen LogP contribution is -2.28. The highest BCUT2D eigenvalue weighted by atomic mass is 15.1. The highest BCUT2D eigenvalue weighted by Crippen LogP contribution is 2.57. The number of hydrogen-bond donors (Lipinski definition) is 0. The number of fused-ring (bicyclic) bond motifs is 5. The van der Waals surface area contributed by atoms with Crippen LogP contribution in [0.4, 0.5) is 17.1 Å². The first-order valence-electron chi connectivity index (χ1n) is 19.7. The van der Waals surface area contributed by atoms with E-state index in [0.717, 1.165) is 22.7 Å². The fourth-order valence-corrected chi connectivity index (χ4v) is 9.33. The molecule has 0 spiro atoms. The first-order chi connectivity index (χ1) is 28.3. The predicted octanol–water partition coefficient (Wildman–Crippen LogP) is 14.3. The molecule has 0 atom stereocenters. The van der Waals surface area contributed by atoms with Gasteiger partial charge in [-0.2, -0.15) is 0 Å². The zero-order valence-corrected chi connectivity index (χ0v) is 31.3. The Labute approximate surface area is 333 Å². The maximum Gasteiger partial charge on any atom is 0.0714 e. The zero-order chi connectivity index (χ0) is 37.8. The van der Waals surface area contributed by atoms with E-state index in [1.54, 1.807) is 0 Å². The van der Waals surface area contributed by atoms with Gasteiger partial charge in [0.25, 0.3) is 0 Å². The summed E-state index contributed by atoms with van der Waals surface area (Å²) in [6.07, 6.45) is 2.15. The molecule has 10 aromatic rings. The van der Waals surface area contributed by atoms with Crippen molar-refractivity contribution in [2.24, 2.45) is 0 Å². The van der Waals surface area contributed by atoms with E-state index in [9.17, 15) is 0 Å². The molecule has 0 amide bonds. The topological polar surface area (TPSA) is 8.17 Å². The van der Waals surface area contributed by atoms with Crippen molar-refractivity contribution < 1.29 is 0 Å². The maximum absolute atomic E-state index is 2.45. The molecule has 57 heavy (non-hydrogen) atoms. The third-order valence-electron chi connectivity index (χ3n) is 11.9. The Bertz CT molecular complexity index is 3000. The minimum Gasteiger partial charge on any atom is -0.317 e. The molecule has 1 aliphatic carbocycles. The maximum atomic E-state index is 2.45. The Kier molecular flexibility index (Phi) is 7.75. The smallest absolute Gasteiger partial charge is 0.0714 e. The third-order valence-corrected chi connectivity index (χ3v) is 11.9. The summed E-state index contributed by atoms with van der Waals surface area (Å²) < 4.78 is 2.25. The van der Waals surface area contributed by atoms with E-state index in [4.69, 9.17) is 0 Å². The number of anilines is 3. The van der Waals surface area contributed by atoms with Crippen molar-refractivity contribution in [3.8, 4) is 27.9 Å². The van der Waals surface area contributed by atoms with Gasteiger partial charge < -0.3 is 9.47 Å². The molecule has 9 aromatic carbocycles. The van der Waals surface area contributed by atoms with E-state index in [1.807, 2.05) is 0 Å². The fourth-order valence-electron chi connectivity index (χ4n) is 9.33. The summed E-state index contributed by atoms with van der Waals surface area (Å²) in [5.74, 6) is 0. The summed E-state index contributed by atoms with van der Waals surface area (Å²) in [7, 11) is 0. The number of para-hydroxylation sites is 1. The van der Waals surface area contributed by atoms with E-state index >= 15 is 0 Å². The Morgan fingerprint density at radius 3 is 1.72 bits per heavy atom. The Morgan fingerprint density at radius 2 is 0.965 bits per heavy atom. The molecule has 1 aromatic heterocycles. The monoisotopic (exact) mass is 726 g/mol. The van der Waals surface area contributed by atoms with Crippen LogP contribution in [-0.4, -0.2) is 4.57 Å². The summed E-state index contributed by atoms with van der Waals surface area (Å²) in [5.41, 5.74) is 15.3. The van der Waals surface area contributed by atoms with Gasteiger partial charge in [-0.05, 0) is 110 Å². The van der Waals surface area contributed by atoms with Gasteiger partial charge in [0.05, 0.1) is 16.6 Å². The summed E-state index contributed by atoms with van der Waals surface area (Å²) in [5, 5.41) is 3.66. The Balaban J connectivity index is 1.07. The minimum absolute atomic E-state index is 0.488. The third kappa shape index (κ3) is 5.26. The van der Waals surface area contributed by atoms with E-state index < -0.39 is 5.41 Å². The van der Waals surface area contributed by atoms with Crippen LogP contribution in [0.2, 0.25) is 0 Å². The second kappa shape index (κ2) is 13.4. The molecule has 1 heterocycles. The molecule has 268 valence electrons. The minimum atomic E-state index is -0.488. The van der Waals surface area contributed by atoms with Crippen LogP contribution < -0.4 is 4.90 Å². The molecule has 1 aliphatic rings. The number of rotatable bonds is 7. The van der Waals surface area contributed by atoms with Gasteiger partial charge in [-0.25, -0.2) is 0 Å². The number of nitrogens with zero attached hydrogens (tertiary/aromatic N) is 2. The average Bonchev–Trinajstić information content (AvgIpc) is 3.85. The van der Waals surface area contributed by atoms with Crippen LogP contribution in [0, 0.1) is 0 Å². The molecule has 0 bridgehead atoms. The van der Waals surface area contributed by atoms with Gasteiger partial charge in [-0.3, -0.25) is 0 Å². The van der Waals surface area contributed by atoms with Gasteiger partial charge in [0.15, 0.2) is 0 Å². The SMILES string of the molecule is c1ccc(C2(c3ccccc3)c3ccccc3-c3ccc(N(c4ccc(-c5ccc(-n6ccc7ccccc76)cc5)cc4)c4cccc5ccccc45)cc32)cc1. The Morgan fingerprint density at radius 1 is 0.386 bits per heavy atom. The van der Waals surface area contributed by atoms with Crippen molar-refractivity contribution in [2.75, 3.05) is 4.90 Å². The normalized spacial score (nSPS) is 12.7. The summed E-state index contributed by atoms with van der Waals surface area (Å²) in [6.45, 7) is 0. The highest BCUT2D eigenvalue weighted by Gasteiger charge is 2.46. The lowest BCUT2D eigenvalue weighted by atomic mass is 9.67. The highest BCUT2D eigenvalue weighted by molar-refractivity contribution is 6.00. The first-order valence-corrected chi connectivity index (χ1v) is 19.7. The van der Waals surface area contributed by atoms with Gasteiger partial charge in [0.2, 0.25) is 0 Å². The van der Waals surface area contributed by atoms with Crippen molar-refractivity contribution in [3.05, 3.63) is 253 Å². The van der Waals surface area contributed by atoms with Crippen LogP contribution in [0.25, 0.3) is 49.6 Å². The Hall–Kier alpha value is -7.42. The molecule has 2 heteroatoms. The van der Waals surface area contributed by atoms with Gasteiger partial charge >= 0.3 is 0 Å².